The standard InChI is InChI=1S/C19H23N7O/c1-2-20-19(27)25-10-5-6-14(13-25)23-18-21-9-8-15(24-18)16-12-22-17-7-3-4-11-26(16)17/h3-4,7-9,11-12,14H,2,5-6,10,13H2,1H3,(H,20,27)(H,21,23,24). The third-order valence-corrected chi connectivity index (χ3v) is 4.70. The Hall–Kier alpha value is -3.16. The third-order valence-electron chi connectivity index (χ3n) is 4.70. The summed E-state index contributed by atoms with van der Waals surface area (Å²) in [6.45, 7) is 4.00. The molecule has 1 atom stereocenters. The first-order valence-corrected chi connectivity index (χ1v) is 9.29. The van der Waals surface area contributed by atoms with E-state index in [-0.39, 0.29) is 12.1 Å². The summed E-state index contributed by atoms with van der Waals surface area (Å²) in [5, 5.41) is 6.25. The van der Waals surface area contributed by atoms with Gasteiger partial charge >= 0.3 is 6.03 Å². The number of amides is 2. The Morgan fingerprint density at radius 3 is 3.11 bits per heavy atom. The number of pyridine rings is 1. The number of anilines is 1. The van der Waals surface area contributed by atoms with E-state index in [0.717, 1.165) is 36.4 Å². The van der Waals surface area contributed by atoms with Gasteiger partial charge in [0.1, 0.15) is 5.65 Å². The average molecular weight is 365 g/mol. The molecule has 0 aromatic carbocycles. The van der Waals surface area contributed by atoms with Gasteiger partial charge in [-0.25, -0.2) is 19.7 Å². The Labute approximate surface area is 157 Å². The lowest BCUT2D eigenvalue weighted by Gasteiger charge is -2.33. The Balaban J connectivity index is 1.50. The molecule has 8 nitrogen and oxygen atoms in total. The summed E-state index contributed by atoms with van der Waals surface area (Å²) in [5.41, 5.74) is 2.61. The second-order valence-corrected chi connectivity index (χ2v) is 6.60. The first-order valence-electron chi connectivity index (χ1n) is 9.29. The van der Waals surface area contributed by atoms with Crippen molar-refractivity contribution in [1.82, 2.24) is 29.6 Å². The second kappa shape index (κ2) is 7.61. The van der Waals surface area contributed by atoms with Crippen molar-refractivity contribution in [2.24, 2.45) is 0 Å². The molecule has 3 aromatic rings. The van der Waals surface area contributed by atoms with E-state index in [1.807, 2.05) is 52.9 Å². The molecule has 0 radical (unpaired) electrons. The van der Waals surface area contributed by atoms with Gasteiger partial charge < -0.3 is 15.5 Å². The van der Waals surface area contributed by atoms with Crippen LogP contribution in [0.15, 0.2) is 42.9 Å². The number of fused-ring (bicyclic) bond motifs is 1. The smallest absolute Gasteiger partial charge is 0.317 e. The maximum absolute atomic E-state index is 12.1. The first-order chi connectivity index (χ1) is 13.2. The van der Waals surface area contributed by atoms with Crippen LogP contribution in [0.3, 0.4) is 0 Å². The number of nitrogens with one attached hydrogen (secondary N) is 2. The fraction of sp³-hybridized carbons (Fsp3) is 0.368. The number of hydrogen-bond donors (Lipinski definition) is 2. The van der Waals surface area contributed by atoms with Crippen LogP contribution >= 0.6 is 0 Å². The molecule has 0 spiro atoms. The number of likely N-dealkylation sites (tertiary alicyclic amines) is 1. The maximum atomic E-state index is 12.1. The molecule has 4 heterocycles. The predicted molar refractivity (Wildman–Crippen MR) is 104 cm³/mol. The minimum atomic E-state index is -0.00982. The maximum Gasteiger partial charge on any atom is 0.317 e. The van der Waals surface area contributed by atoms with Crippen molar-refractivity contribution in [2.75, 3.05) is 25.0 Å². The van der Waals surface area contributed by atoms with Crippen LogP contribution in [0, 0.1) is 0 Å². The Morgan fingerprint density at radius 1 is 1.30 bits per heavy atom. The number of carbonyl (C=O) groups excluding carboxylic acids is 1. The number of aromatic nitrogens is 4. The fourth-order valence-electron chi connectivity index (χ4n) is 3.42. The average Bonchev–Trinajstić information content (AvgIpc) is 3.13. The third kappa shape index (κ3) is 3.69. The topological polar surface area (TPSA) is 87.5 Å². The van der Waals surface area contributed by atoms with Crippen LogP contribution in [-0.2, 0) is 0 Å². The molecule has 8 heteroatoms. The van der Waals surface area contributed by atoms with Crippen molar-refractivity contribution in [3.8, 4) is 11.4 Å². The molecule has 140 valence electrons. The molecular weight excluding hydrogens is 342 g/mol. The first kappa shape index (κ1) is 17.3. The number of imidazole rings is 1. The van der Waals surface area contributed by atoms with Crippen molar-refractivity contribution in [2.45, 2.75) is 25.8 Å². The Bertz CT molecular complexity index is 938. The zero-order valence-electron chi connectivity index (χ0n) is 15.3. The molecule has 1 unspecified atom stereocenters. The highest BCUT2D eigenvalue weighted by molar-refractivity contribution is 5.74. The van der Waals surface area contributed by atoms with Gasteiger partial charge in [-0.05, 0) is 38.0 Å². The van der Waals surface area contributed by atoms with E-state index in [1.54, 1.807) is 6.20 Å². The van der Waals surface area contributed by atoms with Gasteiger partial charge in [0.2, 0.25) is 5.95 Å². The number of nitrogens with zero attached hydrogens (tertiary/aromatic N) is 5. The lowest BCUT2D eigenvalue weighted by atomic mass is 10.1. The predicted octanol–water partition coefficient (Wildman–Crippen LogP) is 2.40. The van der Waals surface area contributed by atoms with E-state index >= 15 is 0 Å². The second-order valence-electron chi connectivity index (χ2n) is 6.60. The molecule has 27 heavy (non-hydrogen) atoms. The minimum Gasteiger partial charge on any atom is -0.350 e. The summed E-state index contributed by atoms with van der Waals surface area (Å²) in [6.07, 6.45) is 7.48. The zero-order valence-corrected chi connectivity index (χ0v) is 15.3. The molecule has 0 aliphatic carbocycles. The monoisotopic (exact) mass is 365 g/mol. The van der Waals surface area contributed by atoms with Crippen LogP contribution in [0.25, 0.3) is 17.0 Å². The molecule has 4 rings (SSSR count). The largest absolute Gasteiger partial charge is 0.350 e. The number of rotatable bonds is 4. The lowest BCUT2D eigenvalue weighted by molar-refractivity contribution is 0.183. The van der Waals surface area contributed by atoms with Gasteiger partial charge in [0.05, 0.1) is 17.6 Å². The van der Waals surface area contributed by atoms with E-state index < -0.39 is 0 Å². The van der Waals surface area contributed by atoms with Gasteiger partial charge in [-0.15, -0.1) is 0 Å². The van der Waals surface area contributed by atoms with Crippen LogP contribution in [0.5, 0.6) is 0 Å². The van der Waals surface area contributed by atoms with E-state index in [4.69, 9.17) is 0 Å². The number of piperidine rings is 1. The molecular formula is C19H23N7O. The van der Waals surface area contributed by atoms with Gasteiger partial charge in [0, 0.05) is 38.1 Å². The van der Waals surface area contributed by atoms with Crippen molar-refractivity contribution >= 4 is 17.6 Å². The fourth-order valence-corrected chi connectivity index (χ4v) is 3.42. The van der Waals surface area contributed by atoms with Crippen molar-refractivity contribution in [3.05, 3.63) is 42.9 Å². The minimum absolute atomic E-state index is 0.00982. The summed E-state index contributed by atoms with van der Waals surface area (Å²) < 4.78 is 2.00. The van der Waals surface area contributed by atoms with Crippen molar-refractivity contribution < 1.29 is 4.79 Å². The quantitative estimate of drug-likeness (QED) is 0.741. The van der Waals surface area contributed by atoms with E-state index in [1.165, 1.54) is 0 Å². The molecule has 0 bridgehead atoms. The summed E-state index contributed by atoms with van der Waals surface area (Å²) in [4.78, 5) is 27.4. The zero-order chi connectivity index (χ0) is 18.6. The molecule has 0 saturated carbocycles. The molecule has 1 aliphatic heterocycles. The molecule has 2 N–H and O–H groups in total. The molecule has 3 aromatic heterocycles. The van der Waals surface area contributed by atoms with Gasteiger partial charge in [0.15, 0.2) is 0 Å². The van der Waals surface area contributed by atoms with Gasteiger partial charge in [-0.1, -0.05) is 6.07 Å². The van der Waals surface area contributed by atoms with Crippen molar-refractivity contribution in [1.29, 1.82) is 0 Å². The van der Waals surface area contributed by atoms with E-state index in [9.17, 15) is 4.79 Å². The van der Waals surface area contributed by atoms with Gasteiger partial charge in [0.25, 0.3) is 0 Å². The molecule has 1 fully saturated rings. The molecule has 1 aliphatic rings. The van der Waals surface area contributed by atoms with Crippen LogP contribution in [-0.4, -0.2) is 56.0 Å². The Kier molecular flexibility index (Phi) is 4.86. The highest BCUT2D eigenvalue weighted by Crippen LogP contribution is 2.20. The lowest BCUT2D eigenvalue weighted by Crippen LogP contribution is -2.49. The highest BCUT2D eigenvalue weighted by atomic mass is 16.2. The van der Waals surface area contributed by atoms with Crippen LogP contribution < -0.4 is 10.6 Å². The van der Waals surface area contributed by atoms with E-state index in [0.29, 0.717) is 19.0 Å². The van der Waals surface area contributed by atoms with Gasteiger partial charge in [-0.3, -0.25) is 4.40 Å². The number of carbonyl (C=O) groups is 1. The number of hydrogen-bond acceptors (Lipinski definition) is 5. The Morgan fingerprint density at radius 2 is 2.22 bits per heavy atom. The molecule has 2 amide bonds. The van der Waals surface area contributed by atoms with E-state index in [2.05, 4.69) is 25.6 Å². The summed E-state index contributed by atoms with van der Waals surface area (Å²) in [7, 11) is 0. The van der Waals surface area contributed by atoms with Crippen LogP contribution in [0.2, 0.25) is 0 Å². The molecule has 1 saturated heterocycles. The summed E-state index contributed by atoms with van der Waals surface area (Å²) in [5.74, 6) is 0.570. The summed E-state index contributed by atoms with van der Waals surface area (Å²) in [6, 6.07) is 7.90. The van der Waals surface area contributed by atoms with Crippen LogP contribution in [0.4, 0.5) is 10.7 Å². The SMILES string of the molecule is CCNC(=O)N1CCCC(Nc2nccc(-c3cnc4ccccn34)n2)C1. The van der Waals surface area contributed by atoms with Gasteiger partial charge in [-0.2, -0.15) is 0 Å². The normalized spacial score (nSPS) is 17.1. The number of urea groups is 1. The van der Waals surface area contributed by atoms with Crippen LogP contribution in [0.1, 0.15) is 19.8 Å². The summed E-state index contributed by atoms with van der Waals surface area (Å²) >= 11 is 0. The van der Waals surface area contributed by atoms with Crippen molar-refractivity contribution in [3.63, 3.8) is 0 Å². The highest BCUT2D eigenvalue weighted by Gasteiger charge is 2.23.